The zero-order chi connectivity index (χ0) is 12.6. The molecular formula is C11H4BrClF2O2. The molecule has 1 heterocycles. The van der Waals surface area contributed by atoms with Crippen molar-refractivity contribution in [1.29, 1.82) is 0 Å². The molecule has 1 aromatic heterocycles. The van der Waals surface area contributed by atoms with E-state index in [9.17, 15) is 13.6 Å². The van der Waals surface area contributed by atoms with Gasteiger partial charge in [0, 0.05) is 5.56 Å². The van der Waals surface area contributed by atoms with Gasteiger partial charge in [0.2, 0.25) is 5.78 Å². The Labute approximate surface area is 108 Å². The van der Waals surface area contributed by atoms with Gasteiger partial charge in [-0.1, -0.05) is 11.6 Å². The molecule has 0 saturated carbocycles. The Morgan fingerprint density at radius 1 is 1.24 bits per heavy atom. The van der Waals surface area contributed by atoms with Crippen molar-refractivity contribution in [3.8, 4) is 0 Å². The fraction of sp³-hybridized carbons (Fsp3) is 0. The van der Waals surface area contributed by atoms with Gasteiger partial charge in [-0.05, 0) is 40.2 Å². The summed E-state index contributed by atoms with van der Waals surface area (Å²) in [6.07, 6.45) is 0. The summed E-state index contributed by atoms with van der Waals surface area (Å²) in [6.45, 7) is 0. The summed E-state index contributed by atoms with van der Waals surface area (Å²) < 4.78 is 31.2. The quantitative estimate of drug-likeness (QED) is 0.613. The van der Waals surface area contributed by atoms with E-state index in [4.69, 9.17) is 16.0 Å². The molecule has 0 radical (unpaired) electrons. The fourth-order valence-electron chi connectivity index (χ4n) is 1.27. The third-order valence-electron chi connectivity index (χ3n) is 2.05. The summed E-state index contributed by atoms with van der Waals surface area (Å²) in [5.74, 6) is -2.86. The second-order valence-electron chi connectivity index (χ2n) is 3.18. The molecule has 0 aliphatic carbocycles. The van der Waals surface area contributed by atoms with Crippen molar-refractivity contribution < 1.29 is 18.0 Å². The van der Waals surface area contributed by atoms with E-state index in [0.717, 1.165) is 12.1 Å². The second kappa shape index (κ2) is 4.58. The number of carbonyl (C=O) groups is 1. The average molecular weight is 322 g/mol. The Bertz CT molecular complexity index is 595. The van der Waals surface area contributed by atoms with Crippen LogP contribution in [0, 0.1) is 11.6 Å². The maximum atomic E-state index is 13.0. The lowest BCUT2D eigenvalue weighted by Gasteiger charge is -2.02. The zero-order valence-corrected chi connectivity index (χ0v) is 10.5. The summed E-state index contributed by atoms with van der Waals surface area (Å²) in [5, 5.41) is -0.165. The van der Waals surface area contributed by atoms with Crippen molar-refractivity contribution in [2.24, 2.45) is 0 Å². The van der Waals surface area contributed by atoms with Gasteiger partial charge < -0.3 is 4.42 Å². The Kier molecular flexibility index (Phi) is 3.31. The standard InChI is InChI=1S/C11H4BrClF2O2/c12-10-2-1-9(17-10)11(16)5-3-7(14)8(15)4-6(5)13/h1-4H. The molecule has 0 N–H and O–H groups in total. The molecule has 0 aliphatic heterocycles. The van der Waals surface area contributed by atoms with Crippen LogP contribution in [0.1, 0.15) is 16.1 Å². The summed E-state index contributed by atoms with van der Waals surface area (Å²) in [5.41, 5.74) is -0.146. The molecule has 2 rings (SSSR count). The molecule has 0 fully saturated rings. The Morgan fingerprint density at radius 3 is 2.47 bits per heavy atom. The minimum atomic E-state index is -1.14. The molecular weight excluding hydrogens is 317 g/mol. The maximum Gasteiger partial charge on any atom is 0.229 e. The highest BCUT2D eigenvalue weighted by Gasteiger charge is 2.19. The minimum absolute atomic E-state index is 0.00946. The molecule has 1 aromatic carbocycles. The summed E-state index contributed by atoms with van der Waals surface area (Å²) in [7, 11) is 0. The zero-order valence-electron chi connectivity index (χ0n) is 8.14. The number of ketones is 1. The minimum Gasteiger partial charge on any atom is -0.446 e. The van der Waals surface area contributed by atoms with Crippen LogP contribution in [0.5, 0.6) is 0 Å². The maximum absolute atomic E-state index is 13.0. The lowest BCUT2D eigenvalue weighted by atomic mass is 10.1. The van der Waals surface area contributed by atoms with E-state index in [1.807, 2.05) is 0 Å². The molecule has 0 aliphatic rings. The van der Waals surface area contributed by atoms with Gasteiger partial charge in [0.15, 0.2) is 22.1 Å². The van der Waals surface area contributed by atoms with E-state index in [2.05, 4.69) is 15.9 Å². The summed E-state index contributed by atoms with van der Waals surface area (Å²) >= 11 is 8.70. The van der Waals surface area contributed by atoms with E-state index in [1.54, 1.807) is 0 Å². The number of hydrogen-bond acceptors (Lipinski definition) is 2. The average Bonchev–Trinajstić information content (AvgIpc) is 2.69. The normalized spacial score (nSPS) is 10.6. The molecule has 2 aromatic rings. The van der Waals surface area contributed by atoms with Gasteiger partial charge in [-0.2, -0.15) is 0 Å². The van der Waals surface area contributed by atoms with Crippen LogP contribution in [0.3, 0.4) is 0 Å². The molecule has 2 nitrogen and oxygen atoms in total. The molecule has 0 unspecified atom stereocenters. The van der Waals surface area contributed by atoms with Crippen molar-refractivity contribution in [2.45, 2.75) is 0 Å². The first-order chi connectivity index (χ1) is 7.99. The largest absolute Gasteiger partial charge is 0.446 e. The molecule has 6 heteroatoms. The first kappa shape index (κ1) is 12.3. The van der Waals surface area contributed by atoms with Gasteiger partial charge in [0.1, 0.15) is 0 Å². The van der Waals surface area contributed by atoms with E-state index in [0.29, 0.717) is 4.67 Å². The van der Waals surface area contributed by atoms with Crippen LogP contribution < -0.4 is 0 Å². The first-order valence-electron chi connectivity index (χ1n) is 4.43. The van der Waals surface area contributed by atoms with E-state index < -0.39 is 17.4 Å². The highest BCUT2D eigenvalue weighted by Crippen LogP contribution is 2.24. The fourth-order valence-corrected chi connectivity index (χ4v) is 1.81. The molecule has 0 amide bonds. The smallest absolute Gasteiger partial charge is 0.229 e. The van der Waals surface area contributed by atoms with Gasteiger partial charge >= 0.3 is 0 Å². The first-order valence-corrected chi connectivity index (χ1v) is 5.60. The van der Waals surface area contributed by atoms with Gasteiger partial charge in [0.05, 0.1) is 5.02 Å². The highest BCUT2D eigenvalue weighted by atomic mass is 79.9. The van der Waals surface area contributed by atoms with Crippen LogP contribution >= 0.6 is 27.5 Å². The predicted molar refractivity (Wildman–Crippen MR) is 61.2 cm³/mol. The lowest BCUT2D eigenvalue weighted by molar-refractivity contribution is 0.101. The van der Waals surface area contributed by atoms with Crippen molar-refractivity contribution >= 4 is 33.3 Å². The number of furan rings is 1. The predicted octanol–water partition coefficient (Wildman–Crippen LogP) is 4.20. The van der Waals surface area contributed by atoms with Crippen LogP contribution in [0.4, 0.5) is 8.78 Å². The summed E-state index contributed by atoms with van der Waals surface area (Å²) in [4.78, 5) is 11.9. The molecule has 17 heavy (non-hydrogen) atoms. The number of benzene rings is 1. The van der Waals surface area contributed by atoms with Gasteiger partial charge in [-0.25, -0.2) is 8.78 Å². The Balaban J connectivity index is 2.47. The third-order valence-corrected chi connectivity index (χ3v) is 2.79. The number of halogens is 4. The molecule has 0 spiro atoms. The van der Waals surface area contributed by atoms with Gasteiger partial charge in [-0.15, -0.1) is 0 Å². The molecule has 0 saturated heterocycles. The topological polar surface area (TPSA) is 30.2 Å². The molecule has 0 bridgehead atoms. The van der Waals surface area contributed by atoms with E-state index in [1.165, 1.54) is 12.1 Å². The van der Waals surface area contributed by atoms with Crippen LogP contribution in [0.2, 0.25) is 5.02 Å². The van der Waals surface area contributed by atoms with Crippen LogP contribution in [-0.2, 0) is 0 Å². The Hall–Kier alpha value is -1.20. The van der Waals surface area contributed by atoms with Gasteiger partial charge in [-0.3, -0.25) is 4.79 Å². The molecule has 0 atom stereocenters. The third kappa shape index (κ3) is 2.40. The highest BCUT2D eigenvalue weighted by molar-refractivity contribution is 9.10. The van der Waals surface area contributed by atoms with Crippen molar-refractivity contribution in [2.75, 3.05) is 0 Å². The van der Waals surface area contributed by atoms with Gasteiger partial charge in [0.25, 0.3) is 0 Å². The number of hydrogen-bond donors (Lipinski definition) is 0. The lowest BCUT2D eigenvalue weighted by Crippen LogP contribution is -2.02. The second-order valence-corrected chi connectivity index (χ2v) is 4.37. The van der Waals surface area contributed by atoms with Crippen LogP contribution in [0.15, 0.2) is 33.4 Å². The number of rotatable bonds is 2. The van der Waals surface area contributed by atoms with E-state index >= 15 is 0 Å². The monoisotopic (exact) mass is 320 g/mol. The SMILES string of the molecule is O=C(c1ccc(Br)o1)c1cc(F)c(F)cc1Cl. The number of carbonyl (C=O) groups excluding carboxylic acids is 1. The van der Waals surface area contributed by atoms with Crippen LogP contribution in [0.25, 0.3) is 0 Å². The summed E-state index contributed by atoms with van der Waals surface area (Å²) in [6, 6.07) is 4.42. The molecule has 88 valence electrons. The van der Waals surface area contributed by atoms with E-state index in [-0.39, 0.29) is 16.3 Å². The Morgan fingerprint density at radius 2 is 1.88 bits per heavy atom. The van der Waals surface area contributed by atoms with Crippen LogP contribution in [-0.4, -0.2) is 5.78 Å². The van der Waals surface area contributed by atoms with Crippen molar-refractivity contribution in [3.63, 3.8) is 0 Å². The van der Waals surface area contributed by atoms with Crippen molar-refractivity contribution in [3.05, 3.63) is 56.9 Å². The van der Waals surface area contributed by atoms with Crippen molar-refractivity contribution in [1.82, 2.24) is 0 Å².